The molecule has 0 bridgehead atoms. The summed E-state index contributed by atoms with van der Waals surface area (Å²) in [5, 5.41) is 3.53. The third-order valence-corrected chi connectivity index (χ3v) is 3.45. The van der Waals surface area contributed by atoms with Crippen molar-refractivity contribution in [2.24, 2.45) is 0 Å². The molecule has 2 aliphatic heterocycles. The van der Waals surface area contributed by atoms with Gasteiger partial charge in [0.15, 0.2) is 0 Å². The van der Waals surface area contributed by atoms with Gasteiger partial charge in [-0.15, -0.1) is 0 Å². The van der Waals surface area contributed by atoms with Crippen LogP contribution in [0.5, 0.6) is 0 Å². The van der Waals surface area contributed by atoms with Crippen LogP contribution in [0.2, 0.25) is 0 Å². The van der Waals surface area contributed by atoms with Gasteiger partial charge in [-0.3, -0.25) is 4.90 Å². The normalized spacial score (nSPS) is 36.0. The Bertz CT molecular complexity index is 165. The maximum absolute atomic E-state index is 3.53. The molecule has 0 aromatic carbocycles. The third kappa shape index (κ3) is 1.38. The predicted molar refractivity (Wildman–Crippen MR) is 51.3 cm³/mol. The Hall–Kier alpha value is -0.0800. The molecule has 12 heavy (non-hydrogen) atoms. The molecule has 1 atom stereocenters. The van der Waals surface area contributed by atoms with Crippen molar-refractivity contribution >= 4 is 0 Å². The Balaban J connectivity index is 2.13. The zero-order chi connectivity index (χ0) is 8.60. The highest BCUT2D eigenvalue weighted by Gasteiger charge is 2.36. The Labute approximate surface area is 75.3 Å². The number of hydrogen-bond donors (Lipinski definition) is 1. The molecule has 2 heteroatoms. The van der Waals surface area contributed by atoms with Gasteiger partial charge in [0.1, 0.15) is 0 Å². The quantitative estimate of drug-likeness (QED) is 0.585. The number of nitrogens with zero attached hydrogens (tertiary/aromatic N) is 1. The molecule has 2 rings (SSSR count). The van der Waals surface area contributed by atoms with Gasteiger partial charge in [-0.1, -0.05) is 0 Å². The Morgan fingerprint density at radius 3 is 3.08 bits per heavy atom. The molecule has 2 saturated heterocycles. The van der Waals surface area contributed by atoms with Crippen molar-refractivity contribution < 1.29 is 0 Å². The summed E-state index contributed by atoms with van der Waals surface area (Å²) < 4.78 is 0. The highest BCUT2D eigenvalue weighted by Crippen LogP contribution is 2.29. The third-order valence-electron chi connectivity index (χ3n) is 3.45. The lowest BCUT2D eigenvalue weighted by Gasteiger charge is -2.37. The number of fused-ring (bicyclic) bond motifs is 1. The predicted octanol–water partition coefficient (Wildman–Crippen LogP) is 1.22. The van der Waals surface area contributed by atoms with Crippen LogP contribution in [0.4, 0.5) is 0 Å². The first-order valence-electron chi connectivity index (χ1n) is 5.18. The number of rotatable bonds is 0. The van der Waals surface area contributed by atoms with Crippen LogP contribution in [0.15, 0.2) is 0 Å². The van der Waals surface area contributed by atoms with E-state index in [0.717, 1.165) is 6.04 Å². The fourth-order valence-corrected chi connectivity index (χ4v) is 2.65. The summed E-state index contributed by atoms with van der Waals surface area (Å²) in [6, 6.07) is 0.822. The van der Waals surface area contributed by atoms with E-state index in [1.807, 2.05) is 0 Å². The molecule has 0 radical (unpaired) electrons. The summed E-state index contributed by atoms with van der Waals surface area (Å²) in [5.74, 6) is 0. The van der Waals surface area contributed by atoms with E-state index in [1.165, 1.54) is 38.9 Å². The van der Waals surface area contributed by atoms with Crippen molar-refractivity contribution in [1.29, 1.82) is 0 Å². The van der Waals surface area contributed by atoms with Crippen LogP contribution in [0.25, 0.3) is 0 Å². The lowest BCUT2D eigenvalue weighted by atomic mass is 9.98. The van der Waals surface area contributed by atoms with E-state index in [1.54, 1.807) is 0 Å². The van der Waals surface area contributed by atoms with E-state index in [2.05, 4.69) is 24.1 Å². The average molecular weight is 168 g/mol. The second-order valence-electron chi connectivity index (χ2n) is 4.76. The van der Waals surface area contributed by atoms with Crippen LogP contribution in [-0.2, 0) is 0 Å². The summed E-state index contributed by atoms with van der Waals surface area (Å²) in [6.07, 6.45) is 4.09. The summed E-state index contributed by atoms with van der Waals surface area (Å²) in [4.78, 5) is 2.70. The SMILES string of the molecule is CC1(C)CCNCC2CCCN21. The Morgan fingerprint density at radius 2 is 2.25 bits per heavy atom. The van der Waals surface area contributed by atoms with E-state index < -0.39 is 0 Å². The number of nitrogens with one attached hydrogen (secondary N) is 1. The summed E-state index contributed by atoms with van der Waals surface area (Å²) in [5.41, 5.74) is 0.435. The van der Waals surface area contributed by atoms with Gasteiger partial charge < -0.3 is 5.32 Å². The van der Waals surface area contributed by atoms with E-state index in [9.17, 15) is 0 Å². The molecule has 2 fully saturated rings. The van der Waals surface area contributed by atoms with Crippen molar-refractivity contribution in [2.45, 2.75) is 44.7 Å². The molecular formula is C10H20N2. The van der Waals surface area contributed by atoms with Crippen LogP contribution < -0.4 is 5.32 Å². The first-order chi connectivity index (χ1) is 5.70. The summed E-state index contributed by atoms with van der Waals surface area (Å²) in [6.45, 7) is 8.50. The number of hydrogen-bond acceptors (Lipinski definition) is 2. The van der Waals surface area contributed by atoms with Gasteiger partial charge in [0, 0.05) is 18.1 Å². The minimum absolute atomic E-state index is 0.435. The van der Waals surface area contributed by atoms with E-state index in [0.29, 0.717) is 5.54 Å². The van der Waals surface area contributed by atoms with Gasteiger partial charge in [0.25, 0.3) is 0 Å². The van der Waals surface area contributed by atoms with Crippen molar-refractivity contribution in [1.82, 2.24) is 10.2 Å². The van der Waals surface area contributed by atoms with Crippen LogP contribution in [0.1, 0.15) is 33.1 Å². The summed E-state index contributed by atoms with van der Waals surface area (Å²) >= 11 is 0. The smallest absolute Gasteiger partial charge is 0.0226 e. The molecule has 1 N–H and O–H groups in total. The summed E-state index contributed by atoms with van der Waals surface area (Å²) in [7, 11) is 0. The van der Waals surface area contributed by atoms with Crippen molar-refractivity contribution in [3.8, 4) is 0 Å². The van der Waals surface area contributed by atoms with E-state index in [-0.39, 0.29) is 0 Å². The standard InChI is InChI=1S/C10H20N2/c1-10(2)5-6-11-8-9-4-3-7-12(9)10/h9,11H,3-8H2,1-2H3. The maximum Gasteiger partial charge on any atom is 0.0226 e. The highest BCUT2D eigenvalue weighted by atomic mass is 15.3. The molecule has 2 aliphatic rings. The minimum atomic E-state index is 0.435. The Morgan fingerprint density at radius 1 is 1.42 bits per heavy atom. The van der Waals surface area contributed by atoms with E-state index in [4.69, 9.17) is 0 Å². The molecule has 2 heterocycles. The molecule has 1 unspecified atom stereocenters. The molecular weight excluding hydrogens is 148 g/mol. The van der Waals surface area contributed by atoms with Crippen molar-refractivity contribution in [2.75, 3.05) is 19.6 Å². The fourth-order valence-electron chi connectivity index (χ4n) is 2.65. The van der Waals surface area contributed by atoms with Gasteiger partial charge in [0.2, 0.25) is 0 Å². The second kappa shape index (κ2) is 3.00. The van der Waals surface area contributed by atoms with Gasteiger partial charge >= 0.3 is 0 Å². The van der Waals surface area contributed by atoms with Crippen molar-refractivity contribution in [3.05, 3.63) is 0 Å². The molecule has 0 aromatic rings. The Kier molecular flexibility index (Phi) is 2.13. The fraction of sp³-hybridized carbons (Fsp3) is 1.00. The van der Waals surface area contributed by atoms with Gasteiger partial charge in [-0.05, 0) is 46.2 Å². The van der Waals surface area contributed by atoms with Crippen LogP contribution in [-0.4, -0.2) is 36.1 Å². The van der Waals surface area contributed by atoms with Crippen molar-refractivity contribution in [3.63, 3.8) is 0 Å². The van der Waals surface area contributed by atoms with Gasteiger partial charge in [-0.2, -0.15) is 0 Å². The first-order valence-corrected chi connectivity index (χ1v) is 5.18. The average Bonchev–Trinajstić information content (AvgIpc) is 2.42. The van der Waals surface area contributed by atoms with Crippen LogP contribution in [0, 0.1) is 0 Å². The highest BCUT2D eigenvalue weighted by molar-refractivity contribution is 4.94. The van der Waals surface area contributed by atoms with Gasteiger partial charge in [0.05, 0.1) is 0 Å². The van der Waals surface area contributed by atoms with Crippen LogP contribution in [0.3, 0.4) is 0 Å². The molecule has 2 nitrogen and oxygen atoms in total. The first kappa shape index (κ1) is 8.52. The molecule has 0 aromatic heterocycles. The monoisotopic (exact) mass is 168 g/mol. The topological polar surface area (TPSA) is 15.3 Å². The molecule has 70 valence electrons. The molecule has 0 aliphatic carbocycles. The second-order valence-corrected chi connectivity index (χ2v) is 4.76. The lowest BCUT2D eigenvalue weighted by Crippen LogP contribution is -2.46. The van der Waals surface area contributed by atoms with Crippen LogP contribution >= 0.6 is 0 Å². The van der Waals surface area contributed by atoms with E-state index >= 15 is 0 Å². The largest absolute Gasteiger partial charge is 0.315 e. The molecule has 0 amide bonds. The zero-order valence-electron chi connectivity index (χ0n) is 8.27. The lowest BCUT2D eigenvalue weighted by molar-refractivity contribution is 0.115. The zero-order valence-corrected chi connectivity index (χ0v) is 8.27. The minimum Gasteiger partial charge on any atom is -0.315 e. The molecule has 0 saturated carbocycles. The molecule has 0 spiro atoms. The maximum atomic E-state index is 3.53. The van der Waals surface area contributed by atoms with Gasteiger partial charge in [-0.25, -0.2) is 0 Å².